The summed E-state index contributed by atoms with van der Waals surface area (Å²) in [6.45, 7) is 3.23. The summed E-state index contributed by atoms with van der Waals surface area (Å²) >= 11 is 5.06. The van der Waals surface area contributed by atoms with Gasteiger partial charge >= 0.3 is 0 Å². The number of carbonyl (C=O) groups is 1. The van der Waals surface area contributed by atoms with Crippen molar-refractivity contribution in [1.29, 1.82) is 0 Å². The van der Waals surface area contributed by atoms with Crippen molar-refractivity contribution in [1.82, 2.24) is 4.90 Å². The maximum absolute atomic E-state index is 12.2. The zero-order valence-electron chi connectivity index (χ0n) is 11.7. The number of hydrogen-bond donors (Lipinski definition) is 1. The summed E-state index contributed by atoms with van der Waals surface area (Å²) in [7, 11) is 0. The topological polar surface area (TPSA) is 55.6 Å². The summed E-state index contributed by atoms with van der Waals surface area (Å²) in [6, 6.07) is 11.1. The van der Waals surface area contributed by atoms with Crippen molar-refractivity contribution >= 4 is 38.9 Å². The van der Waals surface area contributed by atoms with Crippen LogP contribution in [0.2, 0.25) is 0 Å². The van der Waals surface area contributed by atoms with Gasteiger partial charge in [-0.15, -0.1) is 11.3 Å². The summed E-state index contributed by atoms with van der Waals surface area (Å²) in [5.74, 6) is 0.572. The second-order valence-electron chi connectivity index (χ2n) is 4.47. The molecule has 112 valence electrons. The number of rotatable bonds is 6. The second-order valence-corrected chi connectivity index (χ2v) is 7.02. The van der Waals surface area contributed by atoms with Crippen molar-refractivity contribution in [3.63, 3.8) is 0 Å². The Bertz CT molecular complexity index is 615. The lowest BCUT2D eigenvalue weighted by molar-refractivity contribution is -0.133. The van der Waals surface area contributed by atoms with Gasteiger partial charge in [0.25, 0.3) is 5.91 Å². The molecule has 6 heteroatoms. The molecular weight excluding hydrogens is 352 g/mol. The van der Waals surface area contributed by atoms with E-state index < -0.39 is 0 Å². The van der Waals surface area contributed by atoms with Crippen LogP contribution < -0.4 is 10.5 Å². The normalized spacial score (nSPS) is 10.4. The van der Waals surface area contributed by atoms with E-state index in [1.807, 2.05) is 19.1 Å². The predicted octanol–water partition coefficient (Wildman–Crippen LogP) is 3.52. The number of ether oxygens (including phenoxy) is 1. The first-order chi connectivity index (χ1) is 10.1. The molecule has 2 aromatic rings. The number of halogens is 1. The van der Waals surface area contributed by atoms with Crippen LogP contribution in [0.15, 0.2) is 40.2 Å². The summed E-state index contributed by atoms with van der Waals surface area (Å²) < 4.78 is 6.56. The summed E-state index contributed by atoms with van der Waals surface area (Å²) in [5.41, 5.74) is 6.30. The van der Waals surface area contributed by atoms with Crippen molar-refractivity contribution in [2.75, 3.05) is 18.9 Å². The van der Waals surface area contributed by atoms with Gasteiger partial charge in [-0.25, -0.2) is 0 Å². The molecule has 1 aromatic carbocycles. The number of nitrogens with two attached hydrogens (primary N) is 1. The van der Waals surface area contributed by atoms with Gasteiger partial charge in [-0.2, -0.15) is 0 Å². The molecule has 0 aliphatic rings. The van der Waals surface area contributed by atoms with Gasteiger partial charge in [0, 0.05) is 23.2 Å². The molecule has 0 saturated heterocycles. The molecule has 2 rings (SSSR count). The van der Waals surface area contributed by atoms with Crippen LogP contribution in [-0.2, 0) is 11.3 Å². The zero-order chi connectivity index (χ0) is 15.2. The Morgan fingerprint density at radius 2 is 2.19 bits per heavy atom. The van der Waals surface area contributed by atoms with Gasteiger partial charge in [0.1, 0.15) is 5.75 Å². The minimum atomic E-state index is -0.0375. The molecule has 0 unspecified atom stereocenters. The van der Waals surface area contributed by atoms with Crippen molar-refractivity contribution < 1.29 is 9.53 Å². The van der Waals surface area contributed by atoms with E-state index in [1.165, 1.54) is 0 Å². The van der Waals surface area contributed by atoms with Crippen LogP contribution in [0.25, 0.3) is 0 Å². The van der Waals surface area contributed by atoms with Crippen molar-refractivity contribution in [2.24, 2.45) is 0 Å². The molecule has 0 bridgehead atoms. The van der Waals surface area contributed by atoms with E-state index in [4.69, 9.17) is 10.5 Å². The molecule has 0 saturated carbocycles. The van der Waals surface area contributed by atoms with Gasteiger partial charge in [-0.3, -0.25) is 4.79 Å². The Labute approximate surface area is 136 Å². The molecule has 0 atom stereocenters. The molecule has 1 aromatic heterocycles. The zero-order valence-corrected chi connectivity index (χ0v) is 14.1. The monoisotopic (exact) mass is 368 g/mol. The number of anilines is 1. The highest BCUT2D eigenvalue weighted by atomic mass is 79.9. The number of likely N-dealkylation sites (N-methyl/N-ethyl adjacent to an activating group) is 1. The molecule has 0 aliphatic heterocycles. The largest absolute Gasteiger partial charge is 0.484 e. The Balaban J connectivity index is 1.91. The standard InChI is InChI=1S/C15H17BrN2O2S/c1-2-18(9-13-6-7-14(16)21-13)15(19)10-20-12-5-3-4-11(17)8-12/h3-8H,2,9-10,17H2,1H3. The molecule has 1 heterocycles. The summed E-state index contributed by atoms with van der Waals surface area (Å²) in [6.07, 6.45) is 0. The fraction of sp³-hybridized carbons (Fsp3) is 0.267. The average molecular weight is 369 g/mol. The van der Waals surface area contributed by atoms with Crippen LogP contribution in [0.1, 0.15) is 11.8 Å². The van der Waals surface area contributed by atoms with Crippen molar-refractivity contribution in [3.05, 3.63) is 45.1 Å². The molecule has 21 heavy (non-hydrogen) atoms. The van der Waals surface area contributed by atoms with Crippen molar-refractivity contribution in [2.45, 2.75) is 13.5 Å². The van der Waals surface area contributed by atoms with E-state index in [9.17, 15) is 4.79 Å². The summed E-state index contributed by atoms with van der Waals surface area (Å²) in [5, 5.41) is 0. The van der Waals surface area contributed by atoms with Crippen molar-refractivity contribution in [3.8, 4) is 5.75 Å². The highest BCUT2D eigenvalue weighted by Crippen LogP contribution is 2.23. The van der Waals surface area contributed by atoms with E-state index in [1.54, 1.807) is 40.5 Å². The van der Waals surface area contributed by atoms with Crippen LogP contribution in [0.3, 0.4) is 0 Å². The average Bonchev–Trinajstić information content (AvgIpc) is 2.87. The number of nitrogen functional groups attached to an aromatic ring is 1. The fourth-order valence-corrected chi connectivity index (χ4v) is 3.34. The summed E-state index contributed by atoms with van der Waals surface area (Å²) in [4.78, 5) is 15.1. The van der Waals surface area contributed by atoms with Gasteiger partial charge in [0.05, 0.1) is 10.3 Å². The first-order valence-electron chi connectivity index (χ1n) is 6.59. The number of benzene rings is 1. The molecule has 0 fully saturated rings. The van der Waals surface area contributed by atoms with Gasteiger partial charge < -0.3 is 15.4 Å². The molecule has 2 N–H and O–H groups in total. The molecular formula is C15H17BrN2O2S. The molecule has 4 nitrogen and oxygen atoms in total. The second kappa shape index (κ2) is 7.47. The lowest BCUT2D eigenvalue weighted by Crippen LogP contribution is -2.34. The van der Waals surface area contributed by atoms with E-state index in [0.717, 1.165) is 8.66 Å². The maximum atomic E-state index is 12.2. The lowest BCUT2D eigenvalue weighted by atomic mass is 10.3. The van der Waals surface area contributed by atoms with Crippen LogP contribution >= 0.6 is 27.3 Å². The minimum Gasteiger partial charge on any atom is -0.484 e. The van der Waals surface area contributed by atoms with Gasteiger partial charge in [0.2, 0.25) is 0 Å². The Kier molecular flexibility index (Phi) is 5.64. The third kappa shape index (κ3) is 4.75. The SMILES string of the molecule is CCN(Cc1ccc(Br)s1)C(=O)COc1cccc(N)c1. The highest BCUT2D eigenvalue weighted by molar-refractivity contribution is 9.11. The Morgan fingerprint density at radius 3 is 2.81 bits per heavy atom. The van der Waals surface area contributed by atoms with E-state index >= 15 is 0 Å². The van der Waals surface area contributed by atoms with Crippen LogP contribution in [-0.4, -0.2) is 24.0 Å². The number of amides is 1. The quantitative estimate of drug-likeness (QED) is 0.793. The first-order valence-corrected chi connectivity index (χ1v) is 8.19. The van der Waals surface area contributed by atoms with E-state index in [-0.39, 0.29) is 12.5 Å². The molecule has 1 amide bonds. The van der Waals surface area contributed by atoms with Gasteiger partial charge in [-0.1, -0.05) is 6.07 Å². The first kappa shape index (κ1) is 15.9. The van der Waals surface area contributed by atoms with Crippen LogP contribution in [0.4, 0.5) is 5.69 Å². The fourth-order valence-electron chi connectivity index (χ4n) is 1.84. The number of hydrogen-bond acceptors (Lipinski definition) is 4. The van der Waals surface area contributed by atoms with E-state index in [0.29, 0.717) is 24.5 Å². The number of carbonyl (C=O) groups excluding carboxylic acids is 1. The number of nitrogens with zero attached hydrogens (tertiary/aromatic N) is 1. The van der Waals surface area contributed by atoms with Gasteiger partial charge in [-0.05, 0) is 47.1 Å². The third-order valence-corrected chi connectivity index (χ3v) is 4.54. The Morgan fingerprint density at radius 1 is 1.38 bits per heavy atom. The lowest BCUT2D eigenvalue weighted by Gasteiger charge is -2.20. The Hall–Kier alpha value is -1.53. The smallest absolute Gasteiger partial charge is 0.260 e. The highest BCUT2D eigenvalue weighted by Gasteiger charge is 2.14. The third-order valence-electron chi connectivity index (χ3n) is 2.93. The van der Waals surface area contributed by atoms with Crippen LogP contribution in [0.5, 0.6) is 5.75 Å². The van der Waals surface area contributed by atoms with Crippen LogP contribution in [0, 0.1) is 0 Å². The molecule has 0 spiro atoms. The van der Waals surface area contributed by atoms with Gasteiger partial charge in [0.15, 0.2) is 6.61 Å². The number of thiophene rings is 1. The molecule has 0 radical (unpaired) electrons. The maximum Gasteiger partial charge on any atom is 0.260 e. The van der Waals surface area contributed by atoms with E-state index in [2.05, 4.69) is 15.9 Å². The predicted molar refractivity (Wildman–Crippen MR) is 89.5 cm³/mol. The molecule has 0 aliphatic carbocycles. The minimum absolute atomic E-state index is 0.0177.